The summed E-state index contributed by atoms with van der Waals surface area (Å²) in [7, 11) is 0. The highest BCUT2D eigenvalue weighted by Crippen LogP contribution is 2.38. The molecule has 0 amide bonds. The number of benzene rings is 1. The molecule has 1 unspecified atom stereocenters. The van der Waals surface area contributed by atoms with Gasteiger partial charge >= 0.3 is 6.18 Å². The van der Waals surface area contributed by atoms with Gasteiger partial charge in [-0.2, -0.15) is 13.2 Å². The zero-order valence-corrected chi connectivity index (χ0v) is 10.1. The fourth-order valence-electron chi connectivity index (χ4n) is 2.47. The van der Waals surface area contributed by atoms with Crippen LogP contribution in [0.15, 0.2) is 18.2 Å². The average Bonchev–Trinajstić information content (AvgIpc) is 2.51. The highest BCUT2D eigenvalue weighted by Gasteiger charge is 2.32. The van der Waals surface area contributed by atoms with Gasteiger partial charge in [-0.3, -0.25) is 0 Å². The first-order chi connectivity index (χ1) is 8.52. The Morgan fingerprint density at radius 2 is 2.11 bits per heavy atom. The summed E-state index contributed by atoms with van der Waals surface area (Å²) in [6.07, 6.45) is -1.70. The van der Waals surface area contributed by atoms with E-state index in [4.69, 9.17) is 5.73 Å². The maximum atomic E-state index is 12.7. The SMILES string of the molecule is NCCC1CCCNc2ccc(C(F)(F)F)cc21. The Labute approximate surface area is 104 Å². The van der Waals surface area contributed by atoms with Gasteiger partial charge in [0.15, 0.2) is 0 Å². The van der Waals surface area contributed by atoms with Crippen LogP contribution in [0.2, 0.25) is 0 Å². The van der Waals surface area contributed by atoms with Crippen LogP contribution in [0.3, 0.4) is 0 Å². The van der Waals surface area contributed by atoms with E-state index >= 15 is 0 Å². The van der Waals surface area contributed by atoms with Crippen molar-refractivity contribution in [2.75, 3.05) is 18.4 Å². The largest absolute Gasteiger partial charge is 0.416 e. The van der Waals surface area contributed by atoms with E-state index < -0.39 is 11.7 Å². The van der Waals surface area contributed by atoms with Crippen LogP contribution in [0.1, 0.15) is 36.3 Å². The van der Waals surface area contributed by atoms with Crippen molar-refractivity contribution in [3.05, 3.63) is 29.3 Å². The molecule has 1 aliphatic heterocycles. The lowest BCUT2D eigenvalue weighted by molar-refractivity contribution is -0.137. The molecule has 1 aromatic rings. The second-order valence-electron chi connectivity index (χ2n) is 4.64. The standard InChI is InChI=1S/C13H17F3N2/c14-13(15,16)10-3-4-12-11(8-10)9(5-6-17)2-1-7-18-12/h3-4,8-9,18H,1-2,5-7,17H2. The fourth-order valence-corrected chi connectivity index (χ4v) is 2.47. The second-order valence-corrected chi connectivity index (χ2v) is 4.64. The monoisotopic (exact) mass is 258 g/mol. The molecule has 1 atom stereocenters. The molecule has 0 spiro atoms. The summed E-state index contributed by atoms with van der Waals surface area (Å²) in [6.45, 7) is 1.31. The molecule has 2 nitrogen and oxygen atoms in total. The first kappa shape index (κ1) is 13.2. The van der Waals surface area contributed by atoms with Gasteiger partial charge in [0.25, 0.3) is 0 Å². The van der Waals surface area contributed by atoms with Crippen LogP contribution < -0.4 is 11.1 Å². The molecule has 3 N–H and O–H groups in total. The van der Waals surface area contributed by atoms with Crippen molar-refractivity contribution in [1.82, 2.24) is 0 Å². The molecule has 1 aromatic carbocycles. The Morgan fingerprint density at radius 3 is 2.78 bits per heavy atom. The average molecular weight is 258 g/mol. The van der Waals surface area contributed by atoms with Gasteiger partial charge in [-0.1, -0.05) is 0 Å². The van der Waals surface area contributed by atoms with Crippen molar-refractivity contribution >= 4 is 5.69 Å². The summed E-state index contributed by atoms with van der Waals surface area (Å²) < 4.78 is 38.2. The summed E-state index contributed by atoms with van der Waals surface area (Å²) in [4.78, 5) is 0. The quantitative estimate of drug-likeness (QED) is 0.853. The van der Waals surface area contributed by atoms with Gasteiger partial charge in [-0.15, -0.1) is 0 Å². The topological polar surface area (TPSA) is 38.0 Å². The van der Waals surface area contributed by atoms with Crippen molar-refractivity contribution in [3.63, 3.8) is 0 Å². The minimum atomic E-state index is -4.28. The number of nitrogens with two attached hydrogens (primary N) is 1. The van der Waals surface area contributed by atoms with Crippen molar-refractivity contribution in [3.8, 4) is 0 Å². The highest BCUT2D eigenvalue weighted by atomic mass is 19.4. The van der Waals surface area contributed by atoms with Gasteiger partial charge < -0.3 is 11.1 Å². The van der Waals surface area contributed by atoms with Gasteiger partial charge in [-0.25, -0.2) is 0 Å². The molecule has 1 heterocycles. The maximum absolute atomic E-state index is 12.7. The Balaban J connectivity index is 2.39. The van der Waals surface area contributed by atoms with Crippen molar-refractivity contribution < 1.29 is 13.2 Å². The summed E-state index contributed by atoms with van der Waals surface area (Å²) >= 11 is 0. The van der Waals surface area contributed by atoms with Crippen LogP contribution in [0.25, 0.3) is 0 Å². The molecule has 2 rings (SSSR count). The third-order valence-corrected chi connectivity index (χ3v) is 3.38. The van der Waals surface area contributed by atoms with Crippen molar-refractivity contribution in [2.45, 2.75) is 31.4 Å². The van der Waals surface area contributed by atoms with Crippen LogP contribution in [-0.2, 0) is 6.18 Å². The molecule has 1 aliphatic rings. The van der Waals surface area contributed by atoms with Gasteiger partial charge in [0, 0.05) is 12.2 Å². The number of alkyl halides is 3. The van der Waals surface area contributed by atoms with Gasteiger partial charge in [-0.05, 0) is 55.5 Å². The number of anilines is 1. The molecule has 100 valence electrons. The van der Waals surface area contributed by atoms with Crippen LogP contribution in [0.5, 0.6) is 0 Å². The zero-order valence-electron chi connectivity index (χ0n) is 10.1. The third-order valence-electron chi connectivity index (χ3n) is 3.38. The summed E-state index contributed by atoms with van der Waals surface area (Å²) in [5.74, 6) is 0.127. The lowest BCUT2D eigenvalue weighted by Gasteiger charge is -2.18. The Bertz CT molecular complexity index is 415. The Hall–Kier alpha value is -1.23. The third kappa shape index (κ3) is 2.77. The predicted molar refractivity (Wildman–Crippen MR) is 65.6 cm³/mol. The molecule has 0 radical (unpaired) electrons. The lowest BCUT2D eigenvalue weighted by Crippen LogP contribution is -2.10. The number of rotatable bonds is 2. The normalized spacial score (nSPS) is 19.9. The molecule has 0 saturated heterocycles. The molecular formula is C13H17F3N2. The van der Waals surface area contributed by atoms with Crippen LogP contribution in [-0.4, -0.2) is 13.1 Å². The number of nitrogens with one attached hydrogen (secondary N) is 1. The van der Waals surface area contributed by atoms with Crippen LogP contribution in [0, 0.1) is 0 Å². The molecule has 0 saturated carbocycles. The molecular weight excluding hydrogens is 241 g/mol. The lowest BCUT2D eigenvalue weighted by atomic mass is 9.90. The van der Waals surface area contributed by atoms with Crippen LogP contribution >= 0.6 is 0 Å². The molecule has 5 heteroatoms. The predicted octanol–water partition coefficient (Wildman–Crippen LogP) is 3.34. The fraction of sp³-hybridized carbons (Fsp3) is 0.538. The Kier molecular flexibility index (Phi) is 3.80. The van der Waals surface area contributed by atoms with Crippen LogP contribution in [0.4, 0.5) is 18.9 Å². The second kappa shape index (κ2) is 5.18. The van der Waals surface area contributed by atoms with E-state index in [-0.39, 0.29) is 5.92 Å². The van der Waals surface area contributed by atoms with Gasteiger partial charge in [0.2, 0.25) is 0 Å². The van der Waals surface area contributed by atoms with E-state index in [9.17, 15) is 13.2 Å². The number of halogens is 3. The van der Waals surface area contributed by atoms with Crippen molar-refractivity contribution in [2.24, 2.45) is 5.73 Å². The zero-order chi connectivity index (χ0) is 13.2. The van der Waals surface area contributed by atoms with Gasteiger partial charge in [0.05, 0.1) is 5.56 Å². The number of hydrogen-bond acceptors (Lipinski definition) is 2. The first-order valence-electron chi connectivity index (χ1n) is 6.17. The van der Waals surface area contributed by atoms with Crippen molar-refractivity contribution in [1.29, 1.82) is 0 Å². The van der Waals surface area contributed by atoms with E-state index in [1.165, 1.54) is 12.1 Å². The minimum absolute atomic E-state index is 0.127. The van der Waals surface area contributed by atoms with E-state index in [2.05, 4.69) is 5.32 Å². The minimum Gasteiger partial charge on any atom is -0.385 e. The van der Waals surface area contributed by atoms with Gasteiger partial charge in [0.1, 0.15) is 0 Å². The smallest absolute Gasteiger partial charge is 0.385 e. The van der Waals surface area contributed by atoms with E-state index in [0.717, 1.165) is 43.1 Å². The first-order valence-corrected chi connectivity index (χ1v) is 6.17. The van der Waals surface area contributed by atoms with E-state index in [1.54, 1.807) is 0 Å². The maximum Gasteiger partial charge on any atom is 0.416 e. The van der Waals surface area contributed by atoms with E-state index in [1.807, 2.05) is 0 Å². The Morgan fingerprint density at radius 1 is 1.33 bits per heavy atom. The molecule has 0 aromatic heterocycles. The molecule has 18 heavy (non-hydrogen) atoms. The van der Waals surface area contributed by atoms with E-state index in [0.29, 0.717) is 6.54 Å². The summed E-state index contributed by atoms with van der Waals surface area (Å²) in [5, 5.41) is 3.18. The molecule has 0 bridgehead atoms. The molecule has 0 aliphatic carbocycles. The molecule has 0 fully saturated rings. The highest BCUT2D eigenvalue weighted by molar-refractivity contribution is 5.55. The number of fused-ring (bicyclic) bond motifs is 1. The number of hydrogen-bond donors (Lipinski definition) is 2. The summed E-state index contributed by atoms with van der Waals surface area (Å²) in [5.41, 5.74) is 6.55. The summed E-state index contributed by atoms with van der Waals surface area (Å²) in [6, 6.07) is 3.94.